The lowest BCUT2D eigenvalue weighted by molar-refractivity contribution is -0.198. The lowest BCUT2D eigenvalue weighted by Gasteiger charge is -2.12. The van der Waals surface area contributed by atoms with Gasteiger partial charge in [0.1, 0.15) is 0 Å². The highest BCUT2D eigenvalue weighted by Gasteiger charge is 2.32. The van der Waals surface area contributed by atoms with Crippen LogP contribution in [0.5, 0.6) is 0 Å². The van der Waals surface area contributed by atoms with Gasteiger partial charge in [-0.15, -0.1) is 5.06 Å². The molecule has 0 radical (unpaired) electrons. The molecule has 0 aromatic heterocycles. The van der Waals surface area contributed by atoms with E-state index in [1.165, 1.54) is 0 Å². The van der Waals surface area contributed by atoms with E-state index in [9.17, 15) is 14.4 Å². The first-order chi connectivity index (χ1) is 9.54. The van der Waals surface area contributed by atoms with E-state index in [0.717, 1.165) is 0 Å². The molecule has 1 saturated heterocycles. The minimum absolute atomic E-state index is 0.0625. The Hall–Kier alpha value is -2.12. The van der Waals surface area contributed by atoms with Crippen molar-refractivity contribution in [3.8, 4) is 0 Å². The number of hydroxylamine groups is 2. The van der Waals surface area contributed by atoms with Gasteiger partial charge >= 0.3 is 5.97 Å². The number of hydrogen-bond donors (Lipinski definition) is 0. The molecule has 1 rings (SSSR count). The quantitative estimate of drug-likeness (QED) is 0.217. The van der Waals surface area contributed by atoms with E-state index in [1.54, 1.807) is 6.92 Å². The van der Waals surface area contributed by atoms with Crippen molar-refractivity contribution < 1.29 is 24.0 Å². The van der Waals surface area contributed by atoms with Gasteiger partial charge in [-0.05, 0) is 12.0 Å². The molecule has 0 aromatic carbocycles. The number of rotatable bonds is 8. The summed E-state index contributed by atoms with van der Waals surface area (Å²) in [6.07, 6.45) is 0.620. The van der Waals surface area contributed by atoms with Crippen LogP contribution in [0, 0.1) is 0 Å². The van der Waals surface area contributed by atoms with Crippen LogP contribution in [0.3, 0.4) is 0 Å². The van der Waals surface area contributed by atoms with Crippen LogP contribution < -0.4 is 0 Å². The average Bonchev–Trinajstić information content (AvgIpc) is 2.70. The molecule has 2 amide bonds. The fourth-order valence-electron chi connectivity index (χ4n) is 1.46. The van der Waals surface area contributed by atoms with Gasteiger partial charge in [-0.25, -0.2) is 4.79 Å². The highest BCUT2D eigenvalue weighted by Crippen LogP contribution is 2.12. The van der Waals surface area contributed by atoms with E-state index in [-0.39, 0.29) is 31.9 Å². The Labute approximate surface area is 115 Å². The molecule has 1 aliphatic heterocycles. The topological polar surface area (TPSA) is 122 Å². The monoisotopic (exact) mass is 284 g/mol. The summed E-state index contributed by atoms with van der Waals surface area (Å²) in [6, 6.07) is -0.174. The predicted octanol–water partition coefficient (Wildman–Crippen LogP) is 1.09. The Morgan fingerprint density at radius 2 is 2.05 bits per heavy atom. The van der Waals surface area contributed by atoms with Crippen molar-refractivity contribution >= 4 is 17.8 Å². The normalized spacial score (nSPS) is 15.9. The van der Waals surface area contributed by atoms with Gasteiger partial charge in [-0.1, -0.05) is 12.0 Å². The Morgan fingerprint density at radius 3 is 2.65 bits per heavy atom. The summed E-state index contributed by atoms with van der Waals surface area (Å²) in [6.45, 7) is 2.20. The van der Waals surface area contributed by atoms with Crippen molar-refractivity contribution in [3.63, 3.8) is 0 Å². The molecule has 1 atom stereocenters. The third kappa shape index (κ3) is 5.25. The lowest BCUT2D eigenvalue weighted by atomic mass is 10.3. The third-order valence-corrected chi connectivity index (χ3v) is 2.58. The molecule has 1 unspecified atom stereocenters. The van der Waals surface area contributed by atoms with Crippen molar-refractivity contribution in [2.75, 3.05) is 13.2 Å². The smallest absolute Gasteiger partial charge is 0.335 e. The van der Waals surface area contributed by atoms with Gasteiger partial charge in [0.2, 0.25) is 0 Å². The molecule has 1 heterocycles. The zero-order chi connectivity index (χ0) is 15.0. The largest absolute Gasteiger partial charge is 0.381 e. The highest BCUT2D eigenvalue weighted by atomic mass is 16.7. The number of carbonyl (C=O) groups excluding carboxylic acids is 3. The molecular weight excluding hydrogens is 268 g/mol. The molecule has 0 bridgehead atoms. The van der Waals surface area contributed by atoms with Crippen LogP contribution in [0.2, 0.25) is 0 Å². The minimum Gasteiger partial charge on any atom is -0.381 e. The summed E-state index contributed by atoms with van der Waals surface area (Å²) in [5, 5.41) is 3.98. The number of azide groups is 1. The van der Waals surface area contributed by atoms with Crippen LogP contribution in [0.25, 0.3) is 10.4 Å². The maximum absolute atomic E-state index is 11.4. The summed E-state index contributed by atoms with van der Waals surface area (Å²) >= 11 is 0. The molecule has 0 aliphatic carbocycles. The molecule has 0 spiro atoms. The number of carbonyl (C=O) groups is 3. The Kier molecular flexibility index (Phi) is 6.48. The highest BCUT2D eigenvalue weighted by molar-refractivity contribution is 6.01. The van der Waals surface area contributed by atoms with Gasteiger partial charge in [0.15, 0.2) is 0 Å². The van der Waals surface area contributed by atoms with Crippen LogP contribution in [0.1, 0.15) is 32.6 Å². The third-order valence-electron chi connectivity index (χ3n) is 2.58. The molecule has 20 heavy (non-hydrogen) atoms. The van der Waals surface area contributed by atoms with Gasteiger partial charge < -0.3 is 9.57 Å². The number of nitrogens with zero attached hydrogens (tertiary/aromatic N) is 4. The van der Waals surface area contributed by atoms with Crippen molar-refractivity contribution in [1.29, 1.82) is 0 Å². The molecule has 0 N–H and O–H groups in total. The van der Waals surface area contributed by atoms with Crippen molar-refractivity contribution in [2.45, 2.75) is 38.6 Å². The maximum atomic E-state index is 11.4. The van der Waals surface area contributed by atoms with Crippen LogP contribution in [-0.4, -0.2) is 42.1 Å². The standard InChI is InChI=1S/C11H16N4O5/c1-8(13-14-12)4-6-19-7-5-11(18)20-15-9(16)2-3-10(15)17/h8H,2-7H2,1H3. The number of hydrogen-bond acceptors (Lipinski definition) is 6. The second-order valence-corrected chi connectivity index (χ2v) is 4.25. The van der Waals surface area contributed by atoms with E-state index in [1.807, 2.05) is 0 Å². The van der Waals surface area contributed by atoms with Crippen molar-refractivity contribution in [1.82, 2.24) is 5.06 Å². The zero-order valence-electron chi connectivity index (χ0n) is 11.2. The minimum atomic E-state index is -0.698. The second-order valence-electron chi connectivity index (χ2n) is 4.25. The molecule has 0 saturated carbocycles. The summed E-state index contributed by atoms with van der Waals surface area (Å²) in [5.74, 6) is -1.71. The first kappa shape index (κ1) is 15.9. The fraction of sp³-hybridized carbons (Fsp3) is 0.727. The van der Waals surface area contributed by atoms with Crippen LogP contribution in [0.15, 0.2) is 5.11 Å². The van der Waals surface area contributed by atoms with Crippen LogP contribution in [-0.2, 0) is 24.0 Å². The maximum Gasteiger partial charge on any atom is 0.335 e. The van der Waals surface area contributed by atoms with Gasteiger partial charge in [0.05, 0.1) is 13.0 Å². The SMILES string of the molecule is CC(CCOCCC(=O)ON1C(=O)CCC1=O)N=[N+]=[N-]. The molecule has 1 fully saturated rings. The second kappa shape index (κ2) is 8.13. The van der Waals surface area contributed by atoms with Crippen molar-refractivity contribution in [2.24, 2.45) is 5.11 Å². The van der Waals surface area contributed by atoms with Gasteiger partial charge in [0, 0.05) is 30.4 Å². The zero-order valence-corrected chi connectivity index (χ0v) is 11.2. The molecule has 110 valence electrons. The van der Waals surface area contributed by atoms with Gasteiger partial charge in [-0.3, -0.25) is 9.59 Å². The van der Waals surface area contributed by atoms with E-state index in [0.29, 0.717) is 18.1 Å². The first-order valence-corrected chi connectivity index (χ1v) is 6.23. The molecular formula is C11H16N4O5. The summed E-state index contributed by atoms with van der Waals surface area (Å²) < 4.78 is 5.17. The van der Waals surface area contributed by atoms with Crippen molar-refractivity contribution in [3.05, 3.63) is 10.4 Å². The van der Waals surface area contributed by atoms with E-state index < -0.39 is 17.8 Å². The van der Waals surface area contributed by atoms with Gasteiger partial charge in [-0.2, -0.15) is 0 Å². The number of ether oxygens (including phenoxy) is 1. The molecule has 1 aliphatic rings. The van der Waals surface area contributed by atoms with E-state index in [4.69, 9.17) is 10.3 Å². The number of imide groups is 1. The predicted molar refractivity (Wildman–Crippen MR) is 65.8 cm³/mol. The number of amides is 2. The Bertz CT molecular complexity index is 417. The molecule has 0 aromatic rings. The van der Waals surface area contributed by atoms with Crippen LogP contribution in [0.4, 0.5) is 0 Å². The van der Waals surface area contributed by atoms with E-state index >= 15 is 0 Å². The molecule has 9 heteroatoms. The van der Waals surface area contributed by atoms with Gasteiger partial charge in [0.25, 0.3) is 11.8 Å². The first-order valence-electron chi connectivity index (χ1n) is 6.23. The Balaban J connectivity index is 2.13. The summed E-state index contributed by atoms with van der Waals surface area (Å²) in [5.41, 5.74) is 8.19. The van der Waals surface area contributed by atoms with Crippen LogP contribution >= 0.6 is 0 Å². The lowest BCUT2D eigenvalue weighted by Crippen LogP contribution is -2.32. The Morgan fingerprint density at radius 1 is 1.40 bits per heavy atom. The summed E-state index contributed by atoms with van der Waals surface area (Å²) in [7, 11) is 0. The van der Waals surface area contributed by atoms with E-state index in [2.05, 4.69) is 14.9 Å². The fourth-order valence-corrected chi connectivity index (χ4v) is 1.46. The summed E-state index contributed by atoms with van der Waals surface area (Å²) in [4.78, 5) is 41.1. The average molecular weight is 284 g/mol. The molecule has 9 nitrogen and oxygen atoms in total.